The first-order valence-electron chi connectivity index (χ1n) is 4.62. The Kier molecular flexibility index (Phi) is 3.12. The Hall–Kier alpha value is -1.94. The van der Waals surface area contributed by atoms with Crippen molar-refractivity contribution in [3.8, 4) is 11.3 Å². The van der Waals surface area contributed by atoms with Crippen LogP contribution in [0.1, 0.15) is 5.56 Å². The Morgan fingerprint density at radius 2 is 1.81 bits per heavy atom. The van der Waals surface area contributed by atoms with Crippen LogP contribution in [0.3, 0.4) is 0 Å². The van der Waals surface area contributed by atoms with Crippen LogP contribution in [0.25, 0.3) is 11.3 Å². The van der Waals surface area contributed by atoms with Gasteiger partial charge in [-0.3, -0.25) is 0 Å². The molecule has 1 aromatic carbocycles. The molecule has 0 spiro atoms. The van der Waals surface area contributed by atoms with Crippen LogP contribution < -0.4 is 5.84 Å². The van der Waals surface area contributed by atoms with Gasteiger partial charge < -0.3 is 5.84 Å². The third-order valence-corrected chi connectivity index (χ3v) is 2.26. The maximum Gasteiger partial charge on any atom is 0.151 e. The molecule has 1 aromatic heterocycles. The normalized spacial score (nSPS) is 10.8. The average molecular weight is 233 g/mol. The van der Waals surface area contributed by atoms with Crippen LogP contribution >= 0.6 is 11.6 Å². The molecule has 2 N–H and O–H groups in total. The lowest BCUT2D eigenvalue weighted by molar-refractivity contribution is 1.04. The van der Waals surface area contributed by atoms with Gasteiger partial charge in [-0.05, 0) is 17.7 Å². The first kappa shape index (κ1) is 10.6. The molecule has 0 saturated carbocycles. The zero-order chi connectivity index (χ0) is 11.4. The topological polar surface area (TPSA) is 64.2 Å². The number of rotatable bonds is 2. The minimum Gasteiger partial charge on any atom is -0.323 e. The summed E-state index contributed by atoms with van der Waals surface area (Å²) in [7, 11) is 0. The molecule has 0 saturated heterocycles. The van der Waals surface area contributed by atoms with E-state index in [2.05, 4.69) is 15.3 Å². The van der Waals surface area contributed by atoms with Crippen LogP contribution in [0.15, 0.2) is 41.5 Å². The molecule has 0 bridgehead atoms. The molecule has 0 aliphatic carbocycles. The number of aromatic nitrogens is 2. The molecule has 0 aliphatic rings. The monoisotopic (exact) mass is 232 g/mol. The van der Waals surface area contributed by atoms with Gasteiger partial charge in [-0.2, -0.15) is 5.10 Å². The van der Waals surface area contributed by atoms with E-state index in [1.807, 2.05) is 30.3 Å². The van der Waals surface area contributed by atoms with Crippen molar-refractivity contribution in [2.24, 2.45) is 10.9 Å². The summed E-state index contributed by atoms with van der Waals surface area (Å²) in [6.07, 6.45) is 1.58. The smallest absolute Gasteiger partial charge is 0.151 e. The van der Waals surface area contributed by atoms with Crippen LogP contribution in [0.2, 0.25) is 5.15 Å². The Morgan fingerprint density at radius 3 is 2.38 bits per heavy atom. The zero-order valence-electron chi connectivity index (χ0n) is 8.34. The van der Waals surface area contributed by atoms with Crippen molar-refractivity contribution in [1.82, 2.24) is 10.2 Å². The summed E-state index contributed by atoms with van der Waals surface area (Å²) in [6.45, 7) is 0. The van der Waals surface area contributed by atoms with Crippen molar-refractivity contribution in [2.45, 2.75) is 0 Å². The van der Waals surface area contributed by atoms with Gasteiger partial charge in [0.05, 0.1) is 11.9 Å². The van der Waals surface area contributed by atoms with E-state index >= 15 is 0 Å². The van der Waals surface area contributed by atoms with E-state index in [9.17, 15) is 0 Å². The van der Waals surface area contributed by atoms with Crippen molar-refractivity contribution in [3.63, 3.8) is 0 Å². The van der Waals surface area contributed by atoms with Gasteiger partial charge in [0.15, 0.2) is 5.15 Å². The van der Waals surface area contributed by atoms with Crippen molar-refractivity contribution in [1.29, 1.82) is 0 Å². The molecule has 2 rings (SSSR count). The van der Waals surface area contributed by atoms with Crippen molar-refractivity contribution < 1.29 is 0 Å². The van der Waals surface area contributed by atoms with E-state index in [0.29, 0.717) is 5.15 Å². The predicted molar refractivity (Wildman–Crippen MR) is 64.3 cm³/mol. The Labute approximate surface area is 97.8 Å². The molecule has 4 nitrogen and oxygen atoms in total. The number of hydrogen-bond donors (Lipinski definition) is 1. The second-order valence-electron chi connectivity index (χ2n) is 3.14. The predicted octanol–water partition coefficient (Wildman–Crippen LogP) is 2.09. The summed E-state index contributed by atoms with van der Waals surface area (Å²) in [5, 5.41) is 11.6. The van der Waals surface area contributed by atoms with Crippen LogP contribution in [-0.2, 0) is 0 Å². The fourth-order valence-electron chi connectivity index (χ4n) is 1.30. The van der Waals surface area contributed by atoms with Crippen LogP contribution in [-0.4, -0.2) is 16.4 Å². The molecule has 1 heterocycles. The molecule has 5 heteroatoms. The summed E-state index contributed by atoms with van der Waals surface area (Å²) < 4.78 is 0. The fourth-order valence-corrected chi connectivity index (χ4v) is 1.40. The molecule has 16 heavy (non-hydrogen) atoms. The lowest BCUT2D eigenvalue weighted by Gasteiger charge is -2.00. The molecular weight excluding hydrogens is 224 g/mol. The van der Waals surface area contributed by atoms with Gasteiger partial charge in [0.2, 0.25) is 0 Å². The zero-order valence-corrected chi connectivity index (χ0v) is 9.09. The quantitative estimate of drug-likeness (QED) is 0.490. The third-order valence-electron chi connectivity index (χ3n) is 2.06. The molecule has 0 atom stereocenters. The lowest BCUT2D eigenvalue weighted by atomic mass is 10.1. The Bertz CT molecular complexity index is 490. The number of benzene rings is 1. The highest BCUT2D eigenvalue weighted by Crippen LogP contribution is 2.17. The highest BCUT2D eigenvalue weighted by Gasteiger charge is 1.99. The molecule has 0 amide bonds. The largest absolute Gasteiger partial charge is 0.323 e. The Balaban J connectivity index is 2.31. The first-order valence-corrected chi connectivity index (χ1v) is 5.00. The fraction of sp³-hybridized carbons (Fsp3) is 0. The van der Waals surface area contributed by atoms with Gasteiger partial charge in [-0.1, -0.05) is 35.9 Å². The summed E-state index contributed by atoms with van der Waals surface area (Å²) in [5.41, 5.74) is 2.69. The second-order valence-corrected chi connectivity index (χ2v) is 3.53. The van der Waals surface area contributed by atoms with E-state index < -0.39 is 0 Å². The number of hydrogen-bond acceptors (Lipinski definition) is 4. The summed E-state index contributed by atoms with van der Waals surface area (Å²) in [4.78, 5) is 0. The summed E-state index contributed by atoms with van der Waals surface area (Å²) in [6, 6.07) is 11.2. The van der Waals surface area contributed by atoms with E-state index in [4.69, 9.17) is 17.4 Å². The molecule has 0 unspecified atom stereocenters. The summed E-state index contributed by atoms with van der Waals surface area (Å²) >= 11 is 5.66. The average Bonchev–Trinajstić information content (AvgIpc) is 2.32. The van der Waals surface area contributed by atoms with Gasteiger partial charge >= 0.3 is 0 Å². The van der Waals surface area contributed by atoms with Crippen LogP contribution in [0, 0.1) is 0 Å². The maximum atomic E-state index is 5.66. The molecule has 80 valence electrons. The number of hydrazone groups is 1. The Morgan fingerprint density at radius 1 is 1.06 bits per heavy atom. The van der Waals surface area contributed by atoms with E-state index in [-0.39, 0.29) is 0 Å². The van der Waals surface area contributed by atoms with E-state index in [1.165, 1.54) is 0 Å². The number of halogens is 1. The van der Waals surface area contributed by atoms with Crippen LogP contribution in [0.4, 0.5) is 0 Å². The highest BCUT2D eigenvalue weighted by molar-refractivity contribution is 6.29. The van der Waals surface area contributed by atoms with Crippen molar-refractivity contribution in [3.05, 3.63) is 47.1 Å². The van der Waals surface area contributed by atoms with E-state index in [1.54, 1.807) is 12.3 Å². The van der Waals surface area contributed by atoms with Gasteiger partial charge in [-0.15, -0.1) is 10.2 Å². The highest BCUT2D eigenvalue weighted by atomic mass is 35.5. The van der Waals surface area contributed by atoms with Gasteiger partial charge in [0.25, 0.3) is 0 Å². The summed E-state index contributed by atoms with van der Waals surface area (Å²) in [5.74, 6) is 5.06. The molecule has 0 fully saturated rings. The lowest BCUT2D eigenvalue weighted by Crippen LogP contribution is -1.89. The second kappa shape index (κ2) is 4.72. The number of nitrogens with two attached hydrogens (primary N) is 1. The minimum atomic E-state index is 0.385. The van der Waals surface area contributed by atoms with Crippen molar-refractivity contribution in [2.75, 3.05) is 0 Å². The first-order chi connectivity index (χ1) is 7.79. The van der Waals surface area contributed by atoms with E-state index in [0.717, 1.165) is 16.8 Å². The van der Waals surface area contributed by atoms with Crippen molar-refractivity contribution >= 4 is 17.8 Å². The molecular formula is C11H9ClN4. The molecule has 2 aromatic rings. The number of nitrogens with zero attached hydrogens (tertiary/aromatic N) is 3. The van der Waals surface area contributed by atoms with Gasteiger partial charge in [-0.25, -0.2) is 0 Å². The van der Waals surface area contributed by atoms with Crippen LogP contribution in [0.5, 0.6) is 0 Å². The standard InChI is InChI=1S/C11H9ClN4/c12-11-6-5-10(15-16-11)9-3-1-8(2-4-9)7-14-13/h1-7H,13H2. The third kappa shape index (κ3) is 2.35. The maximum absolute atomic E-state index is 5.66. The molecule has 0 radical (unpaired) electrons. The van der Waals surface area contributed by atoms with Gasteiger partial charge in [0.1, 0.15) is 0 Å². The SMILES string of the molecule is NN=Cc1ccc(-c2ccc(Cl)nn2)cc1. The van der Waals surface area contributed by atoms with Gasteiger partial charge in [0, 0.05) is 5.56 Å². The molecule has 0 aliphatic heterocycles. The minimum absolute atomic E-state index is 0.385.